The van der Waals surface area contributed by atoms with Crippen LogP contribution in [0.1, 0.15) is 12.6 Å². The SMILES string of the molecule is CCn1cc(NCc2c(OC)nc3sccn23)cn1. The van der Waals surface area contributed by atoms with E-state index < -0.39 is 0 Å². The van der Waals surface area contributed by atoms with Crippen molar-refractivity contribution in [1.82, 2.24) is 19.2 Å². The molecule has 3 aromatic heterocycles. The van der Waals surface area contributed by atoms with Gasteiger partial charge in [-0.05, 0) is 6.92 Å². The lowest BCUT2D eigenvalue weighted by molar-refractivity contribution is 0.395. The molecular weight excluding hydrogens is 262 g/mol. The van der Waals surface area contributed by atoms with E-state index in [9.17, 15) is 0 Å². The number of nitrogens with one attached hydrogen (secondary N) is 1. The second-order valence-electron chi connectivity index (χ2n) is 4.06. The van der Waals surface area contributed by atoms with Crippen molar-refractivity contribution in [1.29, 1.82) is 0 Å². The molecule has 6 nitrogen and oxygen atoms in total. The summed E-state index contributed by atoms with van der Waals surface area (Å²) in [5, 5.41) is 9.59. The molecule has 0 spiro atoms. The van der Waals surface area contributed by atoms with E-state index in [4.69, 9.17) is 4.74 Å². The number of aryl methyl sites for hydroxylation is 1. The van der Waals surface area contributed by atoms with E-state index in [-0.39, 0.29) is 0 Å². The summed E-state index contributed by atoms with van der Waals surface area (Å²) < 4.78 is 9.24. The molecule has 0 aromatic carbocycles. The Bertz CT molecular complexity index is 683. The van der Waals surface area contributed by atoms with Crippen LogP contribution in [-0.2, 0) is 13.1 Å². The predicted octanol–water partition coefficient (Wildman–Crippen LogP) is 2.23. The largest absolute Gasteiger partial charge is 0.480 e. The molecule has 100 valence electrons. The smallest absolute Gasteiger partial charge is 0.238 e. The quantitative estimate of drug-likeness (QED) is 0.777. The molecule has 7 heteroatoms. The zero-order valence-corrected chi connectivity index (χ0v) is 11.6. The molecular formula is C12H15N5OS. The maximum Gasteiger partial charge on any atom is 0.238 e. The third-order valence-electron chi connectivity index (χ3n) is 2.93. The summed E-state index contributed by atoms with van der Waals surface area (Å²) in [7, 11) is 1.64. The molecule has 0 aliphatic rings. The average molecular weight is 277 g/mol. The number of ether oxygens (including phenoxy) is 1. The Morgan fingerprint density at radius 3 is 3.11 bits per heavy atom. The number of fused-ring (bicyclic) bond motifs is 1. The molecule has 0 atom stereocenters. The lowest BCUT2D eigenvalue weighted by atomic mass is 10.4. The summed E-state index contributed by atoms with van der Waals surface area (Å²) in [6.07, 6.45) is 5.81. The van der Waals surface area contributed by atoms with E-state index >= 15 is 0 Å². The van der Waals surface area contributed by atoms with Gasteiger partial charge in [-0.25, -0.2) is 0 Å². The average Bonchev–Trinajstić information content (AvgIpc) is 3.11. The van der Waals surface area contributed by atoms with Crippen LogP contribution in [0.25, 0.3) is 4.96 Å². The predicted molar refractivity (Wildman–Crippen MR) is 74.8 cm³/mol. The van der Waals surface area contributed by atoms with Crippen molar-refractivity contribution in [3.63, 3.8) is 0 Å². The van der Waals surface area contributed by atoms with E-state index in [1.165, 1.54) is 0 Å². The molecule has 0 aliphatic heterocycles. The Morgan fingerprint density at radius 1 is 1.47 bits per heavy atom. The van der Waals surface area contributed by atoms with Crippen LogP contribution in [0.15, 0.2) is 24.0 Å². The molecule has 0 aliphatic carbocycles. The van der Waals surface area contributed by atoms with Crippen LogP contribution >= 0.6 is 11.3 Å². The lowest BCUT2D eigenvalue weighted by Crippen LogP contribution is -2.03. The van der Waals surface area contributed by atoms with Crippen LogP contribution in [0, 0.1) is 0 Å². The molecule has 1 N–H and O–H groups in total. The Balaban J connectivity index is 1.82. The highest BCUT2D eigenvalue weighted by Gasteiger charge is 2.13. The normalized spacial score (nSPS) is 11.1. The molecule has 0 unspecified atom stereocenters. The fraction of sp³-hybridized carbons (Fsp3) is 0.333. The Labute approximate surface area is 114 Å². The number of thiazole rings is 1. The van der Waals surface area contributed by atoms with Gasteiger partial charge in [0, 0.05) is 24.3 Å². The molecule has 0 amide bonds. The number of hydrogen-bond acceptors (Lipinski definition) is 5. The van der Waals surface area contributed by atoms with Gasteiger partial charge in [0.1, 0.15) is 5.69 Å². The van der Waals surface area contributed by atoms with Gasteiger partial charge in [0.15, 0.2) is 4.96 Å². The van der Waals surface area contributed by atoms with E-state index in [2.05, 4.69) is 22.3 Å². The van der Waals surface area contributed by atoms with Gasteiger partial charge in [0.2, 0.25) is 5.88 Å². The third kappa shape index (κ3) is 2.17. The van der Waals surface area contributed by atoms with Gasteiger partial charge in [-0.3, -0.25) is 9.08 Å². The summed E-state index contributed by atoms with van der Waals surface area (Å²) in [5.41, 5.74) is 2.01. The first-order valence-corrected chi connectivity index (χ1v) is 6.94. The van der Waals surface area contributed by atoms with Gasteiger partial charge in [-0.15, -0.1) is 11.3 Å². The highest BCUT2D eigenvalue weighted by atomic mass is 32.1. The van der Waals surface area contributed by atoms with Crippen molar-refractivity contribution in [3.05, 3.63) is 29.7 Å². The molecule has 3 heterocycles. The van der Waals surface area contributed by atoms with Crippen LogP contribution in [-0.4, -0.2) is 26.3 Å². The van der Waals surface area contributed by atoms with Gasteiger partial charge >= 0.3 is 0 Å². The second kappa shape index (κ2) is 4.93. The van der Waals surface area contributed by atoms with E-state index in [0.29, 0.717) is 12.4 Å². The van der Waals surface area contributed by atoms with Crippen molar-refractivity contribution in [3.8, 4) is 5.88 Å². The van der Waals surface area contributed by atoms with E-state index in [0.717, 1.165) is 22.9 Å². The Morgan fingerprint density at radius 2 is 2.37 bits per heavy atom. The number of aromatic nitrogens is 4. The van der Waals surface area contributed by atoms with E-state index in [1.54, 1.807) is 18.4 Å². The first kappa shape index (κ1) is 12.0. The Hall–Kier alpha value is -2.02. The molecule has 3 rings (SSSR count). The minimum Gasteiger partial charge on any atom is -0.480 e. The van der Waals surface area contributed by atoms with Crippen molar-refractivity contribution in [2.45, 2.75) is 20.0 Å². The van der Waals surface area contributed by atoms with Crippen LogP contribution in [0.5, 0.6) is 5.88 Å². The molecule has 19 heavy (non-hydrogen) atoms. The van der Waals surface area contributed by atoms with Gasteiger partial charge in [-0.2, -0.15) is 10.1 Å². The van der Waals surface area contributed by atoms with Crippen LogP contribution < -0.4 is 10.1 Å². The summed E-state index contributed by atoms with van der Waals surface area (Å²) in [5.74, 6) is 0.669. The van der Waals surface area contributed by atoms with Gasteiger partial charge in [0.25, 0.3) is 0 Å². The van der Waals surface area contributed by atoms with Gasteiger partial charge in [-0.1, -0.05) is 0 Å². The van der Waals surface area contributed by atoms with Crippen molar-refractivity contribution >= 4 is 22.0 Å². The monoisotopic (exact) mass is 277 g/mol. The maximum absolute atomic E-state index is 5.32. The number of imidazole rings is 1. The molecule has 0 bridgehead atoms. The summed E-state index contributed by atoms with van der Waals surface area (Å²) >= 11 is 1.59. The standard InChI is InChI=1S/C12H15N5OS/c1-3-16-8-9(6-14-16)13-7-10-11(18-2)15-12-17(10)4-5-19-12/h4-6,8,13H,3,7H2,1-2H3. The molecule has 0 radical (unpaired) electrons. The minimum atomic E-state index is 0.649. The lowest BCUT2D eigenvalue weighted by Gasteiger charge is -2.04. The van der Waals surface area contributed by atoms with Crippen LogP contribution in [0.2, 0.25) is 0 Å². The highest BCUT2D eigenvalue weighted by Crippen LogP contribution is 2.23. The first-order valence-electron chi connectivity index (χ1n) is 6.06. The Kier molecular flexibility index (Phi) is 3.12. The molecule has 0 saturated carbocycles. The number of methoxy groups -OCH3 is 1. The third-order valence-corrected chi connectivity index (χ3v) is 3.69. The van der Waals surface area contributed by atoms with Crippen molar-refractivity contribution in [2.24, 2.45) is 0 Å². The van der Waals surface area contributed by atoms with Crippen LogP contribution in [0.4, 0.5) is 5.69 Å². The molecule has 3 aromatic rings. The molecule has 0 fully saturated rings. The van der Waals surface area contributed by atoms with Crippen molar-refractivity contribution in [2.75, 3.05) is 12.4 Å². The van der Waals surface area contributed by atoms with Crippen LogP contribution in [0.3, 0.4) is 0 Å². The van der Waals surface area contributed by atoms with E-state index in [1.807, 2.05) is 33.1 Å². The van der Waals surface area contributed by atoms with Gasteiger partial charge < -0.3 is 10.1 Å². The fourth-order valence-corrected chi connectivity index (χ4v) is 2.68. The van der Waals surface area contributed by atoms with Crippen molar-refractivity contribution < 1.29 is 4.74 Å². The summed E-state index contributed by atoms with van der Waals surface area (Å²) in [4.78, 5) is 5.37. The first-order chi connectivity index (χ1) is 9.31. The summed E-state index contributed by atoms with van der Waals surface area (Å²) in [6, 6.07) is 0. The number of rotatable bonds is 5. The van der Waals surface area contributed by atoms with Gasteiger partial charge in [0.05, 0.1) is 25.5 Å². The number of nitrogens with zero attached hydrogens (tertiary/aromatic N) is 4. The number of anilines is 1. The highest BCUT2D eigenvalue weighted by molar-refractivity contribution is 7.15. The second-order valence-corrected chi connectivity index (χ2v) is 4.93. The topological polar surface area (TPSA) is 56.4 Å². The molecule has 0 saturated heterocycles. The zero-order chi connectivity index (χ0) is 13.2. The summed E-state index contributed by atoms with van der Waals surface area (Å²) in [6.45, 7) is 3.58. The fourth-order valence-electron chi connectivity index (χ4n) is 1.95. The zero-order valence-electron chi connectivity index (χ0n) is 10.8. The maximum atomic E-state index is 5.32. The minimum absolute atomic E-state index is 0.649. The number of hydrogen-bond donors (Lipinski definition) is 1.